The fourth-order valence-electron chi connectivity index (χ4n) is 1.76. The quantitative estimate of drug-likeness (QED) is 0.624. The van der Waals surface area contributed by atoms with Crippen LogP contribution in [0.2, 0.25) is 0 Å². The molecule has 1 aromatic carbocycles. The van der Waals surface area contributed by atoms with E-state index in [-0.39, 0.29) is 12.3 Å². The maximum absolute atomic E-state index is 11.7. The summed E-state index contributed by atoms with van der Waals surface area (Å²) < 4.78 is 0. The van der Waals surface area contributed by atoms with Crippen molar-refractivity contribution in [3.05, 3.63) is 29.8 Å². The summed E-state index contributed by atoms with van der Waals surface area (Å²) in [6.45, 7) is 0.652. The van der Waals surface area contributed by atoms with Crippen LogP contribution in [0.25, 0.3) is 0 Å². The average Bonchev–Trinajstić information content (AvgIpc) is 2.34. The lowest BCUT2D eigenvalue weighted by molar-refractivity contribution is -0.136. The van der Waals surface area contributed by atoms with Crippen molar-refractivity contribution in [2.24, 2.45) is 5.73 Å². The molecule has 0 radical (unpaired) electrons. The molecule has 0 aliphatic heterocycles. The summed E-state index contributed by atoms with van der Waals surface area (Å²) >= 11 is 0. The summed E-state index contributed by atoms with van der Waals surface area (Å²) in [5, 5.41) is 11.5. The number of carbonyl (C=O) groups excluding carboxylic acids is 1. The normalized spacial score (nSPS) is 10.2. The first-order valence-corrected chi connectivity index (χ1v) is 6.42. The molecule has 104 valence electrons. The van der Waals surface area contributed by atoms with E-state index >= 15 is 0 Å². The maximum Gasteiger partial charge on any atom is 0.307 e. The van der Waals surface area contributed by atoms with E-state index in [0.29, 0.717) is 24.2 Å². The number of carboxylic acids is 1. The van der Waals surface area contributed by atoms with Crippen molar-refractivity contribution >= 4 is 17.6 Å². The van der Waals surface area contributed by atoms with E-state index < -0.39 is 5.97 Å². The minimum Gasteiger partial charge on any atom is -0.481 e. The molecule has 0 atom stereocenters. The molecule has 0 aromatic heterocycles. The molecule has 19 heavy (non-hydrogen) atoms. The Hall–Kier alpha value is -1.88. The van der Waals surface area contributed by atoms with E-state index in [1.54, 1.807) is 24.3 Å². The fourth-order valence-corrected chi connectivity index (χ4v) is 1.76. The van der Waals surface area contributed by atoms with Crippen LogP contribution in [-0.2, 0) is 16.0 Å². The number of unbranched alkanes of at least 4 members (excludes halogenated alkanes) is 2. The summed E-state index contributed by atoms with van der Waals surface area (Å²) in [5.41, 5.74) is 6.69. The third-order valence-electron chi connectivity index (χ3n) is 2.67. The molecule has 1 rings (SSSR count). The lowest BCUT2D eigenvalue weighted by atomic mass is 10.1. The van der Waals surface area contributed by atoms with Crippen molar-refractivity contribution in [2.75, 3.05) is 11.9 Å². The Kier molecular flexibility index (Phi) is 6.60. The average molecular weight is 264 g/mol. The second kappa shape index (κ2) is 8.26. The number of carboxylic acid groups (broad SMARTS) is 1. The van der Waals surface area contributed by atoms with Crippen LogP contribution < -0.4 is 11.1 Å². The highest BCUT2D eigenvalue weighted by atomic mass is 16.4. The van der Waals surface area contributed by atoms with Gasteiger partial charge in [0, 0.05) is 12.1 Å². The number of nitrogens with one attached hydrogen (secondary N) is 1. The molecular weight excluding hydrogens is 244 g/mol. The molecular formula is C14H20N2O3. The van der Waals surface area contributed by atoms with Crippen molar-refractivity contribution in [3.63, 3.8) is 0 Å². The number of benzene rings is 1. The van der Waals surface area contributed by atoms with Gasteiger partial charge in [0.15, 0.2) is 0 Å². The highest BCUT2D eigenvalue weighted by Crippen LogP contribution is 2.12. The molecule has 1 aromatic rings. The Morgan fingerprint density at radius 2 is 2.00 bits per heavy atom. The number of rotatable bonds is 8. The highest BCUT2D eigenvalue weighted by molar-refractivity contribution is 5.90. The first kappa shape index (κ1) is 15.2. The van der Waals surface area contributed by atoms with E-state index in [0.717, 1.165) is 19.3 Å². The minimum absolute atomic E-state index is 0.0415. The number of anilines is 1. The van der Waals surface area contributed by atoms with Crippen LogP contribution in [0.3, 0.4) is 0 Å². The zero-order chi connectivity index (χ0) is 14.1. The van der Waals surface area contributed by atoms with Gasteiger partial charge in [-0.2, -0.15) is 0 Å². The maximum atomic E-state index is 11.7. The molecule has 0 aliphatic rings. The van der Waals surface area contributed by atoms with Crippen LogP contribution in [0, 0.1) is 0 Å². The SMILES string of the molecule is NCCCCCC(=O)Nc1cccc(CC(=O)O)c1. The summed E-state index contributed by atoms with van der Waals surface area (Å²) in [5.74, 6) is -0.935. The summed E-state index contributed by atoms with van der Waals surface area (Å²) in [7, 11) is 0. The molecule has 5 heteroatoms. The Morgan fingerprint density at radius 1 is 1.21 bits per heavy atom. The smallest absolute Gasteiger partial charge is 0.307 e. The van der Waals surface area contributed by atoms with E-state index in [9.17, 15) is 9.59 Å². The van der Waals surface area contributed by atoms with Crippen molar-refractivity contribution in [1.29, 1.82) is 0 Å². The van der Waals surface area contributed by atoms with E-state index in [2.05, 4.69) is 5.32 Å². The summed E-state index contributed by atoms with van der Waals surface area (Å²) in [6, 6.07) is 6.91. The van der Waals surface area contributed by atoms with Gasteiger partial charge in [-0.3, -0.25) is 9.59 Å². The van der Waals surface area contributed by atoms with E-state index in [1.165, 1.54) is 0 Å². The van der Waals surface area contributed by atoms with Crippen LogP contribution in [-0.4, -0.2) is 23.5 Å². The van der Waals surface area contributed by atoms with Gasteiger partial charge in [0.05, 0.1) is 6.42 Å². The van der Waals surface area contributed by atoms with Gasteiger partial charge >= 0.3 is 5.97 Å². The fraction of sp³-hybridized carbons (Fsp3) is 0.429. The molecule has 0 spiro atoms. The van der Waals surface area contributed by atoms with Crippen molar-refractivity contribution < 1.29 is 14.7 Å². The lowest BCUT2D eigenvalue weighted by Gasteiger charge is -2.06. The number of hydrogen-bond acceptors (Lipinski definition) is 3. The predicted molar refractivity (Wildman–Crippen MR) is 73.9 cm³/mol. The van der Waals surface area contributed by atoms with Gasteiger partial charge in [-0.05, 0) is 37.1 Å². The lowest BCUT2D eigenvalue weighted by Crippen LogP contribution is -2.11. The Bertz CT molecular complexity index is 432. The first-order valence-electron chi connectivity index (χ1n) is 6.42. The van der Waals surface area contributed by atoms with Gasteiger partial charge in [0.1, 0.15) is 0 Å². The topological polar surface area (TPSA) is 92.4 Å². The second-order valence-electron chi connectivity index (χ2n) is 4.42. The molecule has 0 saturated carbocycles. The Labute approximate surface area is 112 Å². The number of carbonyl (C=O) groups is 2. The first-order chi connectivity index (χ1) is 9.11. The minimum atomic E-state index is -0.884. The summed E-state index contributed by atoms with van der Waals surface area (Å²) in [6.07, 6.45) is 3.12. The van der Waals surface area contributed by atoms with E-state index in [4.69, 9.17) is 10.8 Å². The molecule has 0 bridgehead atoms. The van der Waals surface area contributed by atoms with Gasteiger partial charge in [-0.15, -0.1) is 0 Å². The highest BCUT2D eigenvalue weighted by Gasteiger charge is 2.04. The van der Waals surface area contributed by atoms with Crippen LogP contribution in [0.4, 0.5) is 5.69 Å². The van der Waals surface area contributed by atoms with Crippen LogP contribution in [0.1, 0.15) is 31.2 Å². The molecule has 0 saturated heterocycles. The predicted octanol–water partition coefficient (Wildman–Crippen LogP) is 1.77. The van der Waals surface area contributed by atoms with Gasteiger partial charge < -0.3 is 16.2 Å². The third-order valence-corrected chi connectivity index (χ3v) is 2.67. The molecule has 0 aliphatic carbocycles. The number of aliphatic carboxylic acids is 1. The summed E-state index contributed by atoms with van der Waals surface area (Å²) in [4.78, 5) is 22.3. The van der Waals surface area contributed by atoms with Crippen LogP contribution in [0.5, 0.6) is 0 Å². The zero-order valence-electron chi connectivity index (χ0n) is 10.9. The van der Waals surface area contributed by atoms with Gasteiger partial charge in [0.25, 0.3) is 0 Å². The van der Waals surface area contributed by atoms with Crippen LogP contribution >= 0.6 is 0 Å². The number of amides is 1. The number of nitrogens with two attached hydrogens (primary N) is 1. The molecule has 0 unspecified atom stereocenters. The van der Waals surface area contributed by atoms with Crippen molar-refractivity contribution in [1.82, 2.24) is 0 Å². The van der Waals surface area contributed by atoms with Crippen molar-refractivity contribution in [2.45, 2.75) is 32.1 Å². The molecule has 0 fully saturated rings. The number of hydrogen-bond donors (Lipinski definition) is 3. The standard InChI is InChI=1S/C14H20N2O3/c15-8-3-1-2-7-13(17)16-12-6-4-5-11(9-12)10-14(18)19/h4-6,9H,1-3,7-8,10,15H2,(H,16,17)(H,18,19). The molecule has 4 N–H and O–H groups in total. The molecule has 5 nitrogen and oxygen atoms in total. The second-order valence-corrected chi connectivity index (χ2v) is 4.42. The van der Waals surface area contributed by atoms with Gasteiger partial charge in [0.2, 0.25) is 5.91 Å². The van der Waals surface area contributed by atoms with Gasteiger partial charge in [-0.25, -0.2) is 0 Å². The molecule has 0 heterocycles. The van der Waals surface area contributed by atoms with Gasteiger partial charge in [-0.1, -0.05) is 18.6 Å². The zero-order valence-corrected chi connectivity index (χ0v) is 10.9. The largest absolute Gasteiger partial charge is 0.481 e. The van der Waals surface area contributed by atoms with E-state index in [1.807, 2.05) is 0 Å². The third kappa shape index (κ3) is 6.57. The monoisotopic (exact) mass is 264 g/mol. The van der Waals surface area contributed by atoms with Crippen LogP contribution in [0.15, 0.2) is 24.3 Å². The Balaban J connectivity index is 2.43. The Morgan fingerprint density at radius 3 is 2.68 bits per heavy atom. The van der Waals surface area contributed by atoms with Crippen molar-refractivity contribution in [3.8, 4) is 0 Å². The molecule has 1 amide bonds.